The van der Waals surface area contributed by atoms with Gasteiger partial charge >= 0.3 is 0 Å². The summed E-state index contributed by atoms with van der Waals surface area (Å²) in [5, 5.41) is 3.46. The predicted molar refractivity (Wildman–Crippen MR) is 145 cm³/mol. The molecular formula is C30H40N2O4. The third-order valence-corrected chi connectivity index (χ3v) is 8.59. The van der Waals surface area contributed by atoms with E-state index in [9.17, 15) is 4.79 Å². The molecule has 1 N–H and O–H groups in total. The average molecular weight is 493 g/mol. The van der Waals surface area contributed by atoms with E-state index in [2.05, 4.69) is 49.2 Å². The highest BCUT2D eigenvalue weighted by Crippen LogP contribution is 2.54. The zero-order valence-corrected chi connectivity index (χ0v) is 22.8. The van der Waals surface area contributed by atoms with E-state index in [0.29, 0.717) is 28.7 Å². The Morgan fingerprint density at radius 2 is 1.75 bits per heavy atom. The third-order valence-electron chi connectivity index (χ3n) is 8.59. The standard InChI is InChI=1S/C30H40N2O4/c1-29(2)14-19-15-30(3,16-29)17-32(19)23-11-9-20-21(13-24(23)33)22(31-4)10-8-18-12-25(34-5)27(35-6)28(36-7)26(18)20/h9,11-13,19,22,31H,8,10,14-17H2,1-7H3/t19-,22-,30-/m0/s1. The van der Waals surface area contributed by atoms with Crippen LogP contribution in [0, 0.1) is 10.8 Å². The Hall–Kier alpha value is -2.73. The first kappa shape index (κ1) is 24.9. The molecule has 2 bridgehead atoms. The molecule has 1 aliphatic heterocycles. The molecule has 0 radical (unpaired) electrons. The first-order valence-corrected chi connectivity index (χ1v) is 13.1. The quantitative estimate of drug-likeness (QED) is 0.607. The number of rotatable bonds is 5. The summed E-state index contributed by atoms with van der Waals surface area (Å²) >= 11 is 0. The van der Waals surface area contributed by atoms with Gasteiger partial charge in [-0.25, -0.2) is 0 Å². The SMILES string of the molecule is CN[C@H]1CCc2cc(OC)c(OC)c(OC)c2-c2ccc(N3C[C@@]4(C)C[C@@H]3CC(C)(C)C4)c(=O)cc21. The Kier molecular flexibility index (Phi) is 6.22. The summed E-state index contributed by atoms with van der Waals surface area (Å²) in [6, 6.07) is 8.56. The second-order valence-electron chi connectivity index (χ2n) is 12.0. The van der Waals surface area contributed by atoms with E-state index >= 15 is 0 Å². The lowest BCUT2D eigenvalue weighted by molar-refractivity contribution is 0.136. The maximum atomic E-state index is 13.9. The number of anilines is 1. The van der Waals surface area contributed by atoms with Gasteiger partial charge in [-0.1, -0.05) is 26.8 Å². The number of nitrogens with zero attached hydrogens (tertiary/aromatic N) is 1. The minimum Gasteiger partial charge on any atom is -0.493 e. The summed E-state index contributed by atoms with van der Waals surface area (Å²) in [5.41, 5.74) is 5.58. The third kappa shape index (κ3) is 4.03. The number of ether oxygens (including phenoxy) is 3. The molecule has 2 aromatic rings. The number of aryl methyl sites for hydroxylation is 1. The van der Waals surface area contributed by atoms with Crippen LogP contribution in [0.5, 0.6) is 17.2 Å². The summed E-state index contributed by atoms with van der Waals surface area (Å²) in [6.45, 7) is 8.07. The Bertz CT molecular complexity index is 1240. The summed E-state index contributed by atoms with van der Waals surface area (Å²) in [5.74, 6) is 1.88. The molecule has 6 nitrogen and oxygen atoms in total. The second kappa shape index (κ2) is 8.98. The lowest BCUT2D eigenvalue weighted by atomic mass is 9.65. The molecule has 2 fully saturated rings. The van der Waals surface area contributed by atoms with Crippen molar-refractivity contribution in [1.82, 2.24) is 5.32 Å². The van der Waals surface area contributed by atoms with Crippen LogP contribution in [0.3, 0.4) is 0 Å². The number of hydrogen-bond acceptors (Lipinski definition) is 6. The smallest absolute Gasteiger partial charge is 0.203 e. The molecule has 5 rings (SSSR count). The molecule has 6 heteroatoms. The lowest BCUT2D eigenvalue weighted by Gasteiger charge is -2.39. The fourth-order valence-electron chi connectivity index (χ4n) is 7.58. The Morgan fingerprint density at radius 1 is 1.00 bits per heavy atom. The first-order chi connectivity index (χ1) is 17.1. The highest BCUT2D eigenvalue weighted by atomic mass is 16.5. The van der Waals surface area contributed by atoms with Gasteiger partial charge in [-0.15, -0.1) is 0 Å². The largest absolute Gasteiger partial charge is 0.493 e. The minimum atomic E-state index is 0.0521. The highest BCUT2D eigenvalue weighted by Gasteiger charge is 2.50. The van der Waals surface area contributed by atoms with Crippen LogP contribution in [0.2, 0.25) is 0 Å². The van der Waals surface area contributed by atoms with Crippen molar-refractivity contribution in [2.75, 3.05) is 39.8 Å². The summed E-state index contributed by atoms with van der Waals surface area (Å²) in [4.78, 5) is 16.3. The lowest BCUT2D eigenvalue weighted by Crippen LogP contribution is -2.35. The van der Waals surface area contributed by atoms with Crippen molar-refractivity contribution in [3.05, 3.63) is 45.6 Å². The molecule has 2 aromatic carbocycles. The summed E-state index contributed by atoms with van der Waals surface area (Å²) in [7, 11) is 6.91. The fourth-order valence-corrected chi connectivity index (χ4v) is 7.58. The molecule has 0 aromatic heterocycles. The van der Waals surface area contributed by atoms with Gasteiger partial charge in [0.05, 0.1) is 27.0 Å². The zero-order chi connectivity index (χ0) is 25.8. The van der Waals surface area contributed by atoms with Crippen LogP contribution in [0.25, 0.3) is 11.1 Å². The van der Waals surface area contributed by atoms with Crippen molar-refractivity contribution >= 4 is 5.69 Å². The molecule has 0 spiro atoms. The van der Waals surface area contributed by atoms with Crippen molar-refractivity contribution in [2.24, 2.45) is 10.8 Å². The molecule has 1 saturated carbocycles. The van der Waals surface area contributed by atoms with Crippen molar-refractivity contribution in [3.63, 3.8) is 0 Å². The maximum Gasteiger partial charge on any atom is 0.203 e. The Balaban J connectivity index is 1.72. The van der Waals surface area contributed by atoms with Crippen molar-refractivity contribution in [2.45, 2.75) is 65.0 Å². The number of methoxy groups -OCH3 is 3. The Morgan fingerprint density at radius 3 is 2.42 bits per heavy atom. The molecular weight excluding hydrogens is 452 g/mol. The second-order valence-corrected chi connectivity index (χ2v) is 12.0. The van der Waals surface area contributed by atoms with Crippen molar-refractivity contribution in [1.29, 1.82) is 0 Å². The van der Waals surface area contributed by atoms with Gasteiger partial charge in [-0.05, 0) is 84.9 Å². The maximum absolute atomic E-state index is 13.9. The van der Waals surface area contributed by atoms with Gasteiger partial charge in [-0.2, -0.15) is 0 Å². The van der Waals surface area contributed by atoms with Crippen LogP contribution < -0.4 is 29.9 Å². The molecule has 2 aliphatic carbocycles. The van der Waals surface area contributed by atoms with Crippen LogP contribution in [0.15, 0.2) is 29.1 Å². The van der Waals surface area contributed by atoms with Crippen LogP contribution >= 0.6 is 0 Å². The van der Waals surface area contributed by atoms with Gasteiger partial charge in [0.1, 0.15) is 0 Å². The van der Waals surface area contributed by atoms with Crippen molar-refractivity contribution in [3.8, 4) is 28.4 Å². The molecule has 0 unspecified atom stereocenters. The topological polar surface area (TPSA) is 60.0 Å². The van der Waals surface area contributed by atoms with E-state index in [1.165, 1.54) is 6.42 Å². The van der Waals surface area contributed by atoms with E-state index in [4.69, 9.17) is 14.2 Å². The molecule has 1 heterocycles. The van der Waals surface area contributed by atoms with Crippen LogP contribution in [0.1, 0.15) is 63.6 Å². The monoisotopic (exact) mass is 492 g/mol. The molecule has 3 aliphatic rings. The summed E-state index contributed by atoms with van der Waals surface area (Å²) < 4.78 is 17.3. The predicted octanol–water partition coefficient (Wildman–Crippen LogP) is 5.35. The van der Waals surface area contributed by atoms with E-state index in [0.717, 1.165) is 60.2 Å². The molecule has 3 atom stereocenters. The van der Waals surface area contributed by atoms with E-state index in [-0.39, 0.29) is 16.9 Å². The molecule has 0 amide bonds. The number of nitrogens with one attached hydrogen (secondary N) is 1. The van der Waals surface area contributed by atoms with Gasteiger partial charge in [-0.3, -0.25) is 4.79 Å². The number of benzene rings is 1. The van der Waals surface area contributed by atoms with E-state index in [1.54, 1.807) is 21.3 Å². The summed E-state index contributed by atoms with van der Waals surface area (Å²) in [6.07, 6.45) is 5.17. The van der Waals surface area contributed by atoms with Crippen LogP contribution in [0.4, 0.5) is 5.69 Å². The first-order valence-electron chi connectivity index (χ1n) is 13.1. The van der Waals surface area contributed by atoms with Gasteiger partial charge < -0.3 is 24.4 Å². The normalized spacial score (nSPS) is 26.0. The fraction of sp³-hybridized carbons (Fsp3) is 0.567. The van der Waals surface area contributed by atoms with Gasteiger partial charge in [0, 0.05) is 24.2 Å². The molecule has 194 valence electrons. The zero-order valence-electron chi connectivity index (χ0n) is 22.8. The van der Waals surface area contributed by atoms with E-state index in [1.807, 2.05) is 13.1 Å². The average Bonchev–Trinajstić information content (AvgIpc) is 2.93. The highest BCUT2D eigenvalue weighted by molar-refractivity contribution is 5.83. The van der Waals surface area contributed by atoms with Gasteiger partial charge in [0.25, 0.3) is 0 Å². The Labute approximate surface area is 214 Å². The minimum absolute atomic E-state index is 0.0521. The number of hydrogen-bond donors (Lipinski definition) is 1. The van der Waals surface area contributed by atoms with Crippen LogP contribution in [-0.2, 0) is 6.42 Å². The van der Waals surface area contributed by atoms with Crippen molar-refractivity contribution < 1.29 is 14.2 Å². The van der Waals surface area contributed by atoms with Crippen LogP contribution in [-0.4, -0.2) is 41.0 Å². The van der Waals surface area contributed by atoms with E-state index < -0.39 is 0 Å². The molecule has 36 heavy (non-hydrogen) atoms. The van der Waals surface area contributed by atoms with Gasteiger partial charge in [0.15, 0.2) is 11.5 Å². The number of fused-ring (bicyclic) bond motifs is 5. The van der Waals surface area contributed by atoms with Gasteiger partial charge in [0.2, 0.25) is 11.2 Å². The molecule has 1 saturated heterocycles.